The molecule has 0 saturated heterocycles. The van der Waals surface area contributed by atoms with E-state index >= 15 is 0 Å². The van der Waals surface area contributed by atoms with Gasteiger partial charge in [-0.3, -0.25) is 0 Å². The van der Waals surface area contributed by atoms with E-state index < -0.39 is 0 Å². The molecule has 2 heteroatoms. The number of hydrogen-bond donors (Lipinski definition) is 0. The fourth-order valence-electron chi connectivity index (χ4n) is 4.87. The summed E-state index contributed by atoms with van der Waals surface area (Å²) in [5, 5.41) is 0.811. The highest BCUT2D eigenvalue weighted by molar-refractivity contribution is 7.80. The zero-order valence-corrected chi connectivity index (χ0v) is 15.9. The second-order valence-corrected chi connectivity index (χ2v) is 8.32. The van der Waals surface area contributed by atoms with Gasteiger partial charge in [0, 0.05) is 5.92 Å². The maximum Gasteiger partial charge on any atom is 0.170 e. The van der Waals surface area contributed by atoms with Crippen LogP contribution in [0, 0.1) is 23.7 Å². The van der Waals surface area contributed by atoms with E-state index in [0.29, 0.717) is 5.92 Å². The van der Waals surface area contributed by atoms with Gasteiger partial charge in [0.15, 0.2) is 5.05 Å². The average Bonchev–Trinajstić information content (AvgIpc) is 2.64. The van der Waals surface area contributed by atoms with Gasteiger partial charge in [-0.25, -0.2) is 0 Å². The molecule has 0 radical (unpaired) electrons. The van der Waals surface area contributed by atoms with Gasteiger partial charge < -0.3 is 4.74 Å². The minimum absolute atomic E-state index is 0.480. The largest absolute Gasteiger partial charge is 0.450 e. The molecule has 0 heterocycles. The lowest BCUT2D eigenvalue weighted by Gasteiger charge is -2.37. The van der Waals surface area contributed by atoms with Crippen LogP contribution < -0.4 is 4.74 Å². The van der Waals surface area contributed by atoms with Crippen LogP contribution in [0.25, 0.3) is 0 Å². The third-order valence-corrected chi connectivity index (χ3v) is 6.74. The first-order chi connectivity index (χ1) is 11.8. The molecule has 3 rings (SSSR count). The second-order valence-electron chi connectivity index (χ2n) is 7.92. The molecule has 0 aliphatic heterocycles. The number of ether oxygens (including phenoxy) is 1. The molecular formula is C22H32OS. The first-order valence-electron chi connectivity index (χ1n) is 10.0. The van der Waals surface area contributed by atoms with E-state index in [1.165, 1.54) is 64.2 Å². The third-order valence-electron chi connectivity index (χ3n) is 6.32. The molecule has 0 bridgehead atoms. The Bertz CT molecular complexity index is 496. The van der Waals surface area contributed by atoms with Crippen molar-refractivity contribution in [3.63, 3.8) is 0 Å². The second kappa shape index (κ2) is 8.99. The Balaban J connectivity index is 1.42. The Morgan fingerprint density at radius 1 is 0.917 bits per heavy atom. The molecule has 0 N–H and O–H groups in total. The van der Waals surface area contributed by atoms with Crippen LogP contribution in [0.2, 0.25) is 0 Å². The van der Waals surface area contributed by atoms with Crippen molar-refractivity contribution in [1.82, 2.24) is 0 Å². The molecule has 132 valence electrons. The van der Waals surface area contributed by atoms with Gasteiger partial charge in [-0.2, -0.15) is 0 Å². The minimum Gasteiger partial charge on any atom is -0.450 e. The van der Waals surface area contributed by atoms with E-state index in [2.05, 4.69) is 6.92 Å². The summed E-state index contributed by atoms with van der Waals surface area (Å²) in [4.78, 5) is 0. The van der Waals surface area contributed by atoms with Crippen LogP contribution in [0.4, 0.5) is 0 Å². The van der Waals surface area contributed by atoms with Crippen molar-refractivity contribution in [3.05, 3.63) is 30.3 Å². The monoisotopic (exact) mass is 344 g/mol. The van der Waals surface area contributed by atoms with Crippen molar-refractivity contribution in [2.45, 2.75) is 71.1 Å². The van der Waals surface area contributed by atoms with Gasteiger partial charge in [-0.05, 0) is 80.6 Å². The van der Waals surface area contributed by atoms with Gasteiger partial charge in [0.25, 0.3) is 0 Å². The SMILES string of the molecule is CCCC1CCC(C2CCC(C(=S)Oc3ccccc3)CC2)CC1. The first kappa shape index (κ1) is 17.9. The van der Waals surface area contributed by atoms with Gasteiger partial charge in [-0.1, -0.05) is 50.8 Å². The molecule has 0 amide bonds. The third kappa shape index (κ3) is 4.81. The molecule has 2 saturated carbocycles. The summed E-state index contributed by atoms with van der Waals surface area (Å²) in [5.41, 5.74) is 0. The zero-order chi connectivity index (χ0) is 16.8. The number of hydrogen-bond acceptors (Lipinski definition) is 2. The fourth-order valence-corrected chi connectivity index (χ4v) is 5.20. The summed E-state index contributed by atoms with van der Waals surface area (Å²) in [7, 11) is 0. The van der Waals surface area contributed by atoms with Crippen molar-refractivity contribution in [2.24, 2.45) is 23.7 Å². The zero-order valence-electron chi connectivity index (χ0n) is 15.1. The van der Waals surface area contributed by atoms with Crippen molar-refractivity contribution in [3.8, 4) is 5.75 Å². The lowest BCUT2D eigenvalue weighted by atomic mass is 9.69. The quantitative estimate of drug-likeness (QED) is 0.543. The summed E-state index contributed by atoms with van der Waals surface area (Å²) in [6.45, 7) is 2.33. The first-order valence-corrected chi connectivity index (χ1v) is 10.4. The van der Waals surface area contributed by atoms with E-state index in [4.69, 9.17) is 17.0 Å². The van der Waals surface area contributed by atoms with Gasteiger partial charge in [0.05, 0.1) is 0 Å². The molecule has 2 aliphatic carbocycles. The van der Waals surface area contributed by atoms with E-state index in [0.717, 1.165) is 28.6 Å². The van der Waals surface area contributed by atoms with Crippen molar-refractivity contribution < 1.29 is 4.74 Å². The van der Waals surface area contributed by atoms with E-state index in [1.807, 2.05) is 30.3 Å². The molecule has 1 aromatic rings. The Morgan fingerprint density at radius 3 is 2.08 bits per heavy atom. The van der Waals surface area contributed by atoms with E-state index in [-0.39, 0.29) is 0 Å². The van der Waals surface area contributed by atoms with E-state index in [9.17, 15) is 0 Å². The molecule has 1 aromatic carbocycles. The molecule has 1 nitrogen and oxygen atoms in total. The van der Waals surface area contributed by atoms with Gasteiger partial charge in [-0.15, -0.1) is 0 Å². The van der Waals surface area contributed by atoms with Gasteiger partial charge in [0.2, 0.25) is 0 Å². The lowest BCUT2D eigenvalue weighted by Crippen LogP contribution is -2.29. The van der Waals surface area contributed by atoms with Crippen molar-refractivity contribution in [1.29, 1.82) is 0 Å². The molecule has 0 spiro atoms. The van der Waals surface area contributed by atoms with Crippen LogP contribution >= 0.6 is 12.2 Å². The summed E-state index contributed by atoms with van der Waals surface area (Å²) >= 11 is 5.57. The van der Waals surface area contributed by atoms with Crippen molar-refractivity contribution >= 4 is 17.3 Å². The predicted molar refractivity (Wildman–Crippen MR) is 105 cm³/mol. The molecule has 0 atom stereocenters. The van der Waals surface area contributed by atoms with Crippen LogP contribution in [-0.4, -0.2) is 5.05 Å². The standard InChI is InChI=1S/C22H32OS/c1-2-6-17-9-11-18(12-10-17)19-13-15-20(16-14-19)22(24)23-21-7-4-3-5-8-21/h3-5,7-8,17-20H,2,6,9-16H2,1H3. The molecular weight excluding hydrogens is 312 g/mol. The van der Waals surface area contributed by atoms with Crippen LogP contribution in [0.15, 0.2) is 30.3 Å². The van der Waals surface area contributed by atoms with Crippen LogP contribution in [0.3, 0.4) is 0 Å². The van der Waals surface area contributed by atoms with Gasteiger partial charge in [0.1, 0.15) is 5.75 Å². The topological polar surface area (TPSA) is 9.23 Å². The predicted octanol–water partition coefficient (Wildman–Crippen LogP) is 6.81. The normalized spacial score (nSPS) is 30.7. The highest BCUT2D eigenvalue weighted by Crippen LogP contribution is 2.42. The molecule has 0 aromatic heterocycles. The number of para-hydroxylation sites is 1. The summed E-state index contributed by atoms with van der Waals surface area (Å²) in [6.07, 6.45) is 13.9. The lowest BCUT2D eigenvalue weighted by molar-refractivity contribution is 0.153. The summed E-state index contributed by atoms with van der Waals surface area (Å²) in [5.74, 6) is 4.33. The van der Waals surface area contributed by atoms with Crippen LogP contribution in [-0.2, 0) is 0 Å². The Kier molecular flexibility index (Phi) is 6.71. The highest BCUT2D eigenvalue weighted by atomic mass is 32.1. The number of thiocarbonyl (C=S) groups is 1. The smallest absolute Gasteiger partial charge is 0.170 e. The maximum absolute atomic E-state index is 5.91. The highest BCUT2D eigenvalue weighted by Gasteiger charge is 2.32. The van der Waals surface area contributed by atoms with E-state index in [1.54, 1.807) is 0 Å². The number of benzene rings is 1. The maximum atomic E-state index is 5.91. The molecule has 0 unspecified atom stereocenters. The Labute approximate surface area is 153 Å². The molecule has 2 aliphatic rings. The molecule has 2 fully saturated rings. The van der Waals surface area contributed by atoms with Crippen molar-refractivity contribution in [2.75, 3.05) is 0 Å². The Hall–Kier alpha value is -0.890. The van der Waals surface area contributed by atoms with Gasteiger partial charge >= 0.3 is 0 Å². The van der Waals surface area contributed by atoms with Crippen LogP contribution in [0.1, 0.15) is 71.1 Å². The average molecular weight is 345 g/mol. The Morgan fingerprint density at radius 2 is 1.50 bits per heavy atom. The fraction of sp³-hybridized carbons (Fsp3) is 0.682. The minimum atomic E-state index is 0.480. The molecule has 24 heavy (non-hydrogen) atoms. The summed E-state index contributed by atoms with van der Waals surface area (Å²) < 4.78 is 5.91. The van der Waals surface area contributed by atoms with Crippen LogP contribution in [0.5, 0.6) is 5.75 Å². The summed E-state index contributed by atoms with van der Waals surface area (Å²) in [6, 6.07) is 10.0. The number of rotatable bonds is 5.